The molecule has 0 spiro atoms. The van der Waals surface area contributed by atoms with Gasteiger partial charge in [-0.2, -0.15) is 0 Å². The molecule has 0 amide bonds. The number of sulfone groups is 1. The molecule has 0 aromatic rings. The molecule has 0 atom stereocenters. The summed E-state index contributed by atoms with van der Waals surface area (Å²) in [4.78, 5) is 0. The zero-order valence-corrected chi connectivity index (χ0v) is 8.73. The van der Waals surface area contributed by atoms with Gasteiger partial charge in [-0.15, -0.1) is 0 Å². The van der Waals surface area contributed by atoms with Gasteiger partial charge >= 0.3 is 0 Å². The Hall–Kier alpha value is -0.0500. The Kier molecular flexibility index (Phi) is 3.16. The van der Waals surface area contributed by atoms with Crippen LogP contribution in [0.4, 0.5) is 0 Å². The lowest BCUT2D eigenvalue weighted by atomic mass is 10.0. The fourth-order valence-electron chi connectivity index (χ4n) is 1.78. The Morgan fingerprint density at radius 1 is 1.08 bits per heavy atom. The zero-order chi connectivity index (χ0) is 9.19. The zero-order valence-electron chi connectivity index (χ0n) is 7.91. The van der Waals surface area contributed by atoms with Gasteiger partial charge in [-0.3, -0.25) is 0 Å². The lowest BCUT2D eigenvalue weighted by Gasteiger charge is -2.23. The summed E-state index contributed by atoms with van der Waals surface area (Å²) in [5.74, 6) is 0. The molecular formula is C9H18O2S. The molecule has 0 aliphatic heterocycles. The first kappa shape index (κ1) is 10.0. The van der Waals surface area contributed by atoms with E-state index in [4.69, 9.17) is 0 Å². The van der Waals surface area contributed by atoms with Gasteiger partial charge < -0.3 is 0 Å². The molecule has 0 aromatic carbocycles. The normalized spacial score (nSPS) is 21.6. The molecule has 72 valence electrons. The molecule has 3 heteroatoms. The molecule has 1 saturated carbocycles. The average molecular weight is 190 g/mol. The van der Waals surface area contributed by atoms with Gasteiger partial charge in [-0.25, -0.2) is 8.42 Å². The predicted octanol–water partition coefficient (Wildman–Crippen LogP) is 2.14. The highest BCUT2D eigenvalue weighted by atomic mass is 32.2. The fraction of sp³-hybridized carbons (Fsp3) is 1.00. The highest BCUT2D eigenvalue weighted by Crippen LogP contribution is 2.25. The van der Waals surface area contributed by atoms with E-state index in [0.29, 0.717) is 0 Å². The molecule has 12 heavy (non-hydrogen) atoms. The van der Waals surface area contributed by atoms with Crippen LogP contribution in [0.1, 0.15) is 46.0 Å². The molecule has 0 unspecified atom stereocenters. The predicted molar refractivity (Wildman–Crippen MR) is 50.9 cm³/mol. The summed E-state index contributed by atoms with van der Waals surface area (Å²) in [6.45, 7) is 3.56. The first-order valence-corrected chi connectivity index (χ1v) is 6.39. The van der Waals surface area contributed by atoms with Gasteiger partial charge in [-0.1, -0.05) is 19.3 Å². The van der Waals surface area contributed by atoms with Crippen molar-refractivity contribution in [3.8, 4) is 0 Å². The van der Waals surface area contributed by atoms with Crippen molar-refractivity contribution >= 4 is 9.84 Å². The Morgan fingerprint density at radius 3 is 2.00 bits per heavy atom. The Bertz CT molecular complexity index is 223. The van der Waals surface area contributed by atoms with Gasteiger partial charge in [0.1, 0.15) is 0 Å². The van der Waals surface area contributed by atoms with Crippen LogP contribution in [0.2, 0.25) is 0 Å². The van der Waals surface area contributed by atoms with Crippen LogP contribution in [0.15, 0.2) is 0 Å². The van der Waals surface area contributed by atoms with E-state index in [1.165, 1.54) is 6.42 Å². The summed E-state index contributed by atoms with van der Waals surface area (Å²) in [7, 11) is -2.80. The molecule has 0 saturated heterocycles. The Labute approximate surface area is 75.3 Å². The number of hydrogen-bond acceptors (Lipinski definition) is 2. The van der Waals surface area contributed by atoms with Gasteiger partial charge in [0.05, 0.1) is 10.5 Å². The van der Waals surface area contributed by atoms with Crippen molar-refractivity contribution in [1.29, 1.82) is 0 Å². The van der Waals surface area contributed by atoms with E-state index in [2.05, 4.69) is 0 Å². The van der Waals surface area contributed by atoms with Crippen LogP contribution >= 0.6 is 0 Å². The standard InChI is InChI=1S/C9H18O2S/c1-8(2)12(10,11)9-6-4-3-5-7-9/h8-9H,3-7H2,1-2H3. The molecule has 1 fully saturated rings. The smallest absolute Gasteiger partial charge is 0.155 e. The van der Waals surface area contributed by atoms with Gasteiger partial charge in [0, 0.05) is 0 Å². The Balaban J connectivity index is 2.67. The second-order valence-electron chi connectivity index (χ2n) is 3.90. The third kappa shape index (κ3) is 2.00. The van der Waals surface area contributed by atoms with Crippen LogP contribution < -0.4 is 0 Å². The van der Waals surface area contributed by atoms with E-state index >= 15 is 0 Å². The Morgan fingerprint density at radius 2 is 1.58 bits per heavy atom. The molecule has 0 N–H and O–H groups in total. The maximum Gasteiger partial charge on any atom is 0.155 e. The minimum atomic E-state index is -2.80. The fourth-order valence-corrected chi connectivity index (χ4v) is 3.54. The van der Waals surface area contributed by atoms with E-state index in [0.717, 1.165) is 25.7 Å². The quantitative estimate of drug-likeness (QED) is 0.668. The highest BCUT2D eigenvalue weighted by molar-refractivity contribution is 7.92. The summed E-state index contributed by atoms with van der Waals surface area (Å²) in [6.07, 6.45) is 5.18. The van der Waals surface area contributed by atoms with Crippen LogP contribution in [-0.2, 0) is 9.84 Å². The minimum Gasteiger partial charge on any atom is -0.228 e. The second-order valence-corrected chi connectivity index (χ2v) is 6.69. The number of hydrogen-bond donors (Lipinski definition) is 0. The van der Waals surface area contributed by atoms with E-state index < -0.39 is 9.84 Å². The third-order valence-corrected chi connectivity index (χ3v) is 5.39. The molecule has 0 aromatic heterocycles. The van der Waals surface area contributed by atoms with E-state index in [9.17, 15) is 8.42 Å². The second kappa shape index (κ2) is 3.77. The van der Waals surface area contributed by atoms with Crippen LogP contribution in [-0.4, -0.2) is 18.9 Å². The molecule has 1 aliphatic rings. The van der Waals surface area contributed by atoms with Crippen molar-refractivity contribution in [2.45, 2.75) is 56.5 Å². The van der Waals surface area contributed by atoms with Crippen molar-refractivity contribution in [3.05, 3.63) is 0 Å². The highest BCUT2D eigenvalue weighted by Gasteiger charge is 2.29. The summed E-state index contributed by atoms with van der Waals surface area (Å²) >= 11 is 0. The van der Waals surface area contributed by atoms with Gasteiger partial charge in [0.15, 0.2) is 9.84 Å². The van der Waals surface area contributed by atoms with Crippen LogP contribution in [0.3, 0.4) is 0 Å². The summed E-state index contributed by atoms with van der Waals surface area (Å²) in [5, 5.41) is -0.230. The van der Waals surface area contributed by atoms with Crippen molar-refractivity contribution < 1.29 is 8.42 Å². The topological polar surface area (TPSA) is 34.1 Å². The monoisotopic (exact) mass is 190 g/mol. The molecule has 0 bridgehead atoms. The van der Waals surface area contributed by atoms with Crippen molar-refractivity contribution in [2.75, 3.05) is 0 Å². The molecular weight excluding hydrogens is 172 g/mol. The largest absolute Gasteiger partial charge is 0.228 e. The van der Waals surface area contributed by atoms with Crippen LogP contribution in [0.25, 0.3) is 0 Å². The van der Waals surface area contributed by atoms with Crippen molar-refractivity contribution in [3.63, 3.8) is 0 Å². The van der Waals surface area contributed by atoms with Crippen LogP contribution in [0, 0.1) is 0 Å². The average Bonchev–Trinajstić information content (AvgIpc) is 2.06. The maximum atomic E-state index is 11.7. The lowest BCUT2D eigenvalue weighted by Crippen LogP contribution is -2.30. The van der Waals surface area contributed by atoms with Gasteiger partial charge in [-0.05, 0) is 26.7 Å². The van der Waals surface area contributed by atoms with Crippen molar-refractivity contribution in [1.82, 2.24) is 0 Å². The first-order valence-electron chi connectivity index (χ1n) is 4.78. The van der Waals surface area contributed by atoms with Gasteiger partial charge in [0.25, 0.3) is 0 Å². The summed E-state index contributed by atoms with van der Waals surface area (Å²) in [6, 6.07) is 0. The van der Waals surface area contributed by atoms with E-state index in [1.807, 2.05) is 0 Å². The molecule has 0 heterocycles. The van der Waals surface area contributed by atoms with E-state index in [1.54, 1.807) is 13.8 Å². The first-order chi connectivity index (χ1) is 5.55. The molecule has 2 nitrogen and oxygen atoms in total. The SMILES string of the molecule is CC(C)S(=O)(=O)C1CCCCC1. The minimum absolute atomic E-state index is 0.0359. The summed E-state index contributed by atoms with van der Waals surface area (Å²) in [5.41, 5.74) is 0. The molecule has 1 aliphatic carbocycles. The third-order valence-electron chi connectivity index (χ3n) is 2.67. The molecule has 1 rings (SSSR count). The van der Waals surface area contributed by atoms with E-state index in [-0.39, 0.29) is 10.5 Å². The number of rotatable bonds is 2. The summed E-state index contributed by atoms with van der Waals surface area (Å²) < 4.78 is 23.4. The van der Waals surface area contributed by atoms with Gasteiger partial charge in [0.2, 0.25) is 0 Å². The molecule has 0 radical (unpaired) electrons. The van der Waals surface area contributed by atoms with Crippen molar-refractivity contribution in [2.24, 2.45) is 0 Å². The van der Waals surface area contributed by atoms with Crippen LogP contribution in [0.5, 0.6) is 0 Å². The maximum absolute atomic E-state index is 11.7. The lowest BCUT2D eigenvalue weighted by molar-refractivity contribution is 0.480.